The molecular formula is C15H13N3O2. The molecule has 1 atom stereocenters. The average Bonchev–Trinajstić information content (AvgIpc) is 2.98. The van der Waals surface area contributed by atoms with Crippen molar-refractivity contribution in [2.75, 3.05) is 5.32 Å². The SMILES string of the molecule is O=C1Nc2ncccc2[C@@]12Cc1cc(CO)cnc1C2. The van der Waals surface area contributed by atoms with Crippen molar-refractivity contribution in [3.63, 3.8) is 0 Å². The van der Waals surface area contributed by atoms with Gasteiger partial charge in [-0.15, -0.1) is 0 Å². The highest BCUT2D eigenvalue weighted by Gasteiger charge is 2.51. The highest BCUT2D eigenvalue weighted by atomic mass is 16.3. The Labute approximate surface area is 115 Å². The van der Waals surface area contributed by atoms with Crippen LogP contribution < -0.4 is 5.32 Å². The highest BCUT2D eigenvalue weighted by Crippen LogP contribution is 2.45. The van der Waals surface area contributed by atoms with E-state index in [0.29, 0.717) is 18.7 Å². The molecule has 1 spiro atoms. The molecule has 2 aromatic heterocycles. The van der Waals surface area contributed by atoms with Gasteiger partial charge in [0.05, 0.1) is 12.0 Å². The molecule has 0 bridgehead atoms. The van der Waals surface area contributed by atoms with Crippen LogP contribution in [0, 0.1) is 0 Å². The van der Waals surface area contributed by atoms with Crippen LogP contribution in [0.4, 0.5) is 5.82 Å². The molecule has 0 saturated carbocycles. The molecule has 100 valence electrons. The van der Waals surface area contributed by atoms with Crippen molar-refractivity contribution in [3.8, 4) is 0 Å². The third-order valence-corrected chi connectivity index (χ3v) is 4.25. The zero-order valence-corrected chi connectivity index (χ0v) is 10.8. The van der Waals surface area contributed by atoms with Crippen LogP contribution in [-0.2, 0) is 29.7 Å². The van der Waals surface area contributed by atoms with E-state index in [4.69, 9.17) is 0 Å². The number of aliphatic hydroxyl groups is 1. The summed E-state index contributed by atoms with van der Waals surface area (Å²) in [5, 5.41) is 12.1. The summed E-state index contributed by atoms with van der Waals surface area (Å²) in [6, 6.07) is 5.76. The molecule has 4 rings (SSSR count). The third-order valence-electron chi connectivity index (χ3n) is 4.25. The number of nitrogens with one attached hydrogen (secondary N) is 1. The summed E-state index contributed by atoms with van der Waals surface area (Å²) in [5.41, 5.74) is 3.14. The molecule has 3 heterocycles. The van der Waals surface area contributed by atoms with Crippen LogP contribution in [0.25, 0.3) is 0 Å². The highest BCUT2D eigenvalue weighted by molar-refractivity contribution is 6.06. The first-order chi connectivity index (χ1) is 9.73. The van der Waals surface area contributed by atoms with Gasteiger partial charge in [0.25, 0.3) is 0 Å². The quantitative estimate of drug-likeness (QED) is 0.807. The Bertz CT molecular complexity index is 729. The molecule has 2 N–H and O–H groups in total. The van der Waals surface area contributed by atoms with Gasteiger partial charge >= 0.3 is 0 Å². The Hall–Kier alpha value is -2.27. The molecule has 1 aliphatic heterocycles. The number of fused-ring (bicyclic) bond motifs is 3. The van der Waals surface area contributed by atoms with Gasteiger partial charge in [-0.1, -0.05) is 12.1 Å². The number of amides is 1. The number of anilines is 1. The minimum atomic E-state index is -0.576. The van der Waals surface area contributed by atoms with Gasteiger partial charge in [0.2, 0.25) is 5.91 Å². The fraction of sp³-hybridized carbons (Fsp3) is 0.267. The summed E-state index contributed by atoms with van der Waals surface area (Å²) >= 11 is 0. The van der Waals surface area contributed by atoms with Gasteiger partial charge < -0.3 is 10.4 Å². The van der Waals surface area contributed by atoms with Crippen molar-refractivity contribution in [3.05, 3.63) is 53.0 Å². The summed E-state index contributed by atoms with van der Waals surface area (Å²) in [6.45, 7) is -0.0301. The maximum absolute atomic E-state index is 12.5. The van der Waals surface area contributed by atoms with E-state index >= 15 is 0 Å². The lowest BCUT2D eigenvalue weighted by molar-refractivity contribution is -0.120. The van der Waals surface area contributed by atoms with Crippen LogP contribution in [0.5, 0.6) is 0 Å². The first-order valence-corrected chi connectivity index (χ1v) is 6.57. The first kappa shape index (κ1) is 11.5. The molecule has 0 saturated heterocycles. The predicted octanol–water partition coefficient (Wildman–Crippen LogP) is 0.958. The Kier molecular flexibility index (Phi) is 2.23. The summed E-state index contributed by atoms with van der Waals surface area (Å²) < 4.78 is 0. The van der Waals surface area contributed by atoms with Crippen molar-refractivity contribution in [1.82, 2.24) is 9.97 Å². The van der Waals surface area contributed by atoms with Crippen LogP contribution >= 0.6 is 0 Å². The van der Waals surface area contributed by atoms with E-state index in [1.165, 1.54) is 0 Å². The normalized spacial score (nSPS) is 22.8. The van der Waals surface area contributed by atoms with Gasteiger partial charge in [-0.25, -0.2) is 4.98 Å². The Balaban J connectivity index is 1.83. The minimum absolute atomic E-state index is 0.00486. The van der Waals surface area contributed by atoms with Gasteiger partial charge in [0.15, 0.2) is 0 Å². The lowest BCUT2D eigenvalue weighted by Gasteiger charge is -2.19. The van der Waals surface area contributed by atoms with Crippen LogP contribution in [-0.4, -0.2) is 21.0 Å². The Morgan fingerprint density at radius 1 is 1.35 bits per heavy atom. The molecule has 0 aromatic carbocycles. The monoisotopic (exact) mass is 267 g/mol. The van der Waals surface area contributed by atoms with Crippen molar-refractivity contribution >= 4 is 11.7 Å². The number of nitrogens with zero attached hydrogens (tertiary/aromatic N) is 2. The fourth-order valence-corrected chi connectivity index (χ4v) is 3.25. The molecule has 0 radical (unpaired) electrons. The number of carbonyl (C=O) groups excluding carboxylic acids is 1. The van der Waals surface area contributed by atoms with E-state index in [2.05, 4.69) is 15.3 Å². The van der Waals surface area contributed by atoms with Crippen LogP contribution in [0.1, 0.15) is 22.4 Å². The number of aliphatic hydroxyl groups excluding tert-OH is 1. The molecule has 2 aromatic rings. The maximum atomic E-state index is 12.5. The number of carbonyl (C=O) groups is 1. The summed E-state index contributed by atoms with van der Waals surface area (Å²) in [7, 11) is 0. The second-order valence-corrected chi connectivity index (χ2v) is 5.40. The molecule has 5 heteroatoms. The van der Waals surface area contributed by atoms with E-state index in [9.17, 15) is 9.90 Å². The molecule has 5 nitrogen and oxygen atoms in total. The molecular weight excluding hydrogens is 254 g/mol. The summed E-state index contributed by atoms with van der Waals surface area (Å²) in [5.74, 6) is 0.655. The summed E-state index contributed by atoms with van der Waals surface area (Å²) in [6.07, 6.45) is 4.57. The molecule has 20 heavy (non-hydrogen) atoms. The van der Waals surface area contributed by atoms with E-state index in [-0.39, 0.29) is 12.5 Å². The second kappa shape index (κ2) is 3.86. The lowest BCUT2D eigenvalue weighted by atomic mass is 9.80. The molecule has 1 amide bonds. The average molecular weight is 267 g/mol. The van der Waals surface area contributed by atoms with Gasteiger partial charge in [0.1, 0.15) is 5.82 Å². The zero-order chi connectivity index (χ0) is 13.7. The van der Waals surface area contributed by atoms with Gasteiger partial charge in [-0.05, 0) is 23.6 Å². The number of hydrogen-bond donors (Lipinski definition) is 2. The third kappa shape index (κ3) is 1.38. The van der Waals surface area contributed by atoms with Crippen molar-refractivity contribution in [2.45, 2.75) is 24.9 Å². The topological polar surface area (TPSA) is 75.1 Å². The number of rotatable bonds is 1. The number of pyridine rings is 2. The van der Waals surface area contributed by atoms with Crippen molar-refractivity contribution in [1.29, 1.82) is 0 Å². The van der Waals surface area contributed by atoms with E-state index < -0.39 is 5.41 Å². The molecule has 0 unspecified atom stereocenters. The lowest BCUT2D eigenvalue weighted by Crippen LogP contribution is -2.35. The van der Waals surface area contributed by atoms with Crippen LogP contribution in [0.3, 0.4) is 0 Å². The largest absolute Gasteiger partial charge is 0.392 e. The van der Waals surface area contributed by atoms with Gasteiger partial charge in [-0.3, -0.25) is 9.78 Å². The minimum Gasteiger partial charge on any atom is -0.392 e. The number of hydrogen-bond acceptors (Lipinski definition) is 4. The maximum Gasteiger partial charge on any atom is 0.237 e. The Morgan fingerprint density at radius 2 is 2.25 bits per heavy atom. The molecule has 2 aliphatic rings. The smallest absolute Gasteiger partial charge is 0.237 e. The zero-order valence-electron chi connectivity index (χ0n) is 10.8. The second-order valence-electron chi connectivity index (χ2n) is 5.40. The van der Waals surface area contributed by atoms with E-state index in [0.717, 1.165) is 22.4 Å². The molecule has 0 fully saturated rings. The molecule has 1 aliphatic carbocycles. The van der Waals surface area contributed by atoms with E-state index in [1.807, 2.05) is 18.2 Å². The van der Waals surface area contributed by atoms with Crippen LogP contribution in [0.2, 0.25) is 0 Å². The first-order valence-electron chi connectivity index (χ1n) is 6.57. The fourth-order valence-electron chi connectivity index (χ4n) is 3.25. The van der Waals surface area contributed by atoms with E-state index in [1.54, 1.807) is 12.4 Å². The van der Waals surface area contributed by atoms with Crippen molar-refractivity contribution < 1.29 is 9.90 Å². The van der Waals surface area contributed by atoms with Crippen LogP contribution in [0.15, 0.2) is 30.6 Å². The van der Waals surface area contributed by atoms with Crippen molar-refractivity contribution in [2.24, 2.45) is 0 Å². The Morgan fingerprint density at radius 3 is 3.10 bits per heavy atom. The number of aromatic nitrogens is 2. The summed E-state index contributed by atoms with van der Waals surface area (Å²) in [4.78, 5) is 21.1. The predicted molar refractivity (Wildman–Crippen MR) is 72.1 cm³/mol. The van der Waals surface area contributed by atoms with Gasteiger partial charge in [-0.2, -0.15) is 0 Å². The van der Waals surface area contributed by atoms with Gasteiger partial charge in [0, 0.05) is 30.1 Å². The standard InChI is InChI=1S/C15H13N3O2/c19-8-9-4-10-5-15(6-12(10)17-7-9)11-2-1-3-16-13(11)18-14(15)20/h1-4,7,19H,5-6,8H2,(H,16,18,20)/t15-/m0/s1.